The highest BCUT2D eigenvalue weighted by Crippen LogP contribution is 2.33. The predicted molar refractivity (Wildman–Crippen MR) is 62.6 cm³/mol. The van der Waals surface area contributed by atoms with Crippen LogP contribution in [0.5, 0.6) is 0 Å². The van der Waals surface area contributed by atoms with Crippen molar-refractivity contribution in [2.45, 2.75) is 13.1 Å². The van der Waals surface area contributed by atoms with Crippen molar-refractivity contribution in [2.75, 3.05) is 0 Å². The van der Waals surface area contributed by atoms with Crippen molar-refractivity contribution < 1.29 is 18.1 Å². The van der Waals surface area contributed by atoms with Crippen LogP contribution >= 0.6 is 0 Å². The van der Waals surface area contributed by atoms with Crippen LogP contribution in [-0.4, -0.2) is 9.91 Å². The largest absolute Gasteiger partial charge is 0.416 e. The molecule has 1 N–H and O–H groups in total. The van der Waals surface area contributed by atoms with Crippen LogP contribution in [0, 0.1) is 17.0 Å². The van der Waals surface area contributed by atoms with Gasteiger partial charge in [-0.3, -0.25) is 10.1 Å². The minimum atomic E-state index is -4.44. The molecule has 1 aromatic carbocycles. The molecule has 0 aliphatic heterocycles. The Morgan fingerprint density at radius 2 is 1.95 bits per heavy atom. The van der Waals surface area contributed by atoms with Crippen molar-refractivity contribution in [2.24, 2.45) is 0 Å². The number of H-pyrrole nitrogens is 1. The minimum absolute atomic E-state index is 0.146. The molecule has 0 fully saturated rings. The van der Waals surface area contributed by atoms with Crippen LogP contribution < -0.4 is 0 Å². The Hall–Kier alpha value is -2.31. The predicted octanol–water partition coefficient (Wildman–Crippen LogP) is 3.92. The van der Waals surface area contributed by atoms with Gasteiger partial charge in [-0.2, -0.15) is 13.2 Å². The lowest BCUT2D eigenvalue weighted by molar-refractivity contribution is -0.385. The Bertz CT molecular complexity index is 632. The SMILES string of the molecule is Cc1[nH]c(-c2cccc(C(F)(F)F)c2)cc1[N+](=O)[O-]. The van der Waals surface area contributed by atoms with Gasteiger partial charge in [-0.1, -0.05) is 12.1 Å². The van der Waals surface area contributed by atoms with Gasteiger partial charge in [-0.25, -0.2) is 0 Å². The summed E-state index contributed by atoms with van der Waals surface area (Å²) in [5.41, 5.74) is -0.0916. The van der Waals surface area contributed by atoms with Gasteiger partial charge < -0.3 is 4.98 Å². The van der Waals surface area contributed by atoms with E-state index in [1.807, 2.05) is 0 Å². The van der Waals surface area contributed by atoms with E-state index in [2.05, 4.69) is 4.98 Å². The van der Waals surface area contributed by atoms with Gasteiger partial charge in [0.2, 0.25) is 0 Å². The van der Waals surface area contributed by atoms with Crippen molar-refractivity contribution in [3.05, 3.63) is 51.7 Å². The molecule has 0 bridgehead atoms. The molecule has 100 valence electrons. The molecule has 1 aromatic heterocycles. The zero-order chi connectivity index (χ0) is 14.2. The summed E-state index contributed by atoms with van der Waals surface area (Å²) in [5.74, 6) is 0. The second-order valence-electron chi connectivity index (χ2n) is 4.03. The molecule has 4 nitrogen and oxygen atoms in total. The second-order valence-corrected chi connectivity index (χ2v) is 4.03. The third-order valence-electron chi connectivity index (χ3n) is 2.69. The Kier molecular flexibility index (Phi) is 3.05. The standard InChI is InChI=1S/C12H9F3N2O2/c1-7-11(17(18)19)6-10(16-7)8-3-2-4-9(5-8)12(13,14)15/h2-6,16H,1H3. The quantitative estimate of drug-likeness (QED) is 0.664. The first-order valence-corrected chi connectivity index (χ1v) is 5.30. The number of aromatic amines is 1. The molecule has 19 heavy (non-hydrogen) atoms. The molecule has 1 heterocycles. The van der Waals surface area contributed by atoms with Crippen molar-refractivity contribution in [1.82, 2.24) is 4.98 Å². The Morgan fingerprint density at radius 1 is 1.26 bits per heavy atom. The Morgan fingerprint density at radius 3 is 2.47 bits per heavy atom. The van der Waals surface area contributed by atoms with Gasteiger partial charge >= 0.3 is 6.18 Å². The number of halogens is 3. The highest BCUT2D eigenvalue weighted by Gasteiger charge is 2.30. The average molecular weight is 270 g/mol. The number of nitrogens with zero attached hydrogens (tertiary/aromatic N) is 1. The van der Waals surface area contributed by atoms with Gasteiger partial charge in [0, 0.05) is 6.07 Å². The lowest BCUT2D eigenvalue weighted by atomic mass is 10.1. The van der Waals surface area contributed by atoms with Crippen LogP contribution in [0.1, 0.15) is 11.3 Å². The Labute approximate surface area is 106 Å². The summed E-state index contributed by atoms with van der Waals surface area (Å²) < 4.78 is 37.7. The summed E-state index contributed by atoms with van der Waals surface area (Å²) in [6, 6.07) is 5.86. The number of benzene rings is 1. The third kappa shape index (κ3) is 2.59. The maximum Gasteiger partial charge on any atom is 0.416 e. The van der Waals surface area contributed by atoms with E-state index in [4.69, 9.17) is 0 Å². The molecule has 2 aromatic rings. The first-order chi connectivity index (χ1) is 8.79. The number of aromatic nitrogens is 1. The molecule has 7 heteroatoms. The van der Waals surface area contributed by atoms with Crippen molar-refractivity contribution in [3.63, 3.8) is 0 Å². The maximum atomic E-state index is 12.6. The molecule has 0 unspecified atom stereocenters. The third-order valence-corrected chi connectivity index (χ3v) is 2.69. The van der Waals surface area contributed by atoms with Crippen LogP contribution in [-0.2, 0) is 6.18 Å². The summed E-state index contributed by atoms with van der Waals surface area (Å²) in [5, 5.41) is 10.7. The Balaban J connectivity index is 2.48. The fourth-order valence-electron chi connectivity index (χ4n) is 1.76. The monoisotopic (exact) mass is 270 g/mol. The molecule has 0 amide bonds. The lowest BCUT2D eigenvalue weighted by Gasteiger charge is -2.07. The zero-order valence-electron chi connectivity index (χ0n) is 9.78. The van der Waals surface area contributed by atoms with E-state index in [0.717, 1.165) is 12.1 Å². The number of rotatable bonds is 2. The van der Waals surface area contributed by atoms with Crippen molar-refractivity contribution in [1.29, 1.82) is 0 Å². The van der Waals surface area contributed by atoms with Gasteiger partial charge in [-0.15, -0.1) is 0 Å². The van der Waals surface area contributed by atoms with Crippen LogP contribution in [0.15, 0.2) is 30.3 Å². The lowest BCUT2D eigenvalue weighted by Crippen LogP contribution is -2.04. The maximum absolute atomic E-state index is 12.6. The number of nitro groups is 1. The van der Waals surface area contributed by atoms with Crippen molar-refractivity contribution >= 4 is 5.69 Å². The first kappa shape index (κ1) is 13.1. The fraction of sp³-hybridized carbons (Fsp3) is 0.167. The van der Waals surface area contributed by atoms with E-state index in [0.29, 0.717) is 5.69 Å². The fourth-order valence-corrected chi connectivity index (χ4v) is 1.76. The molecule has 0 atom stereocenters. The topological polar surface area (TPSA) is 58.9 Å². The number of nitrogens with one attached hydrogen (secondary N) is 1. The summed E-state index contributed by atoms with van der Waals surface area (Å²) in [6.45, 7) is 1.50. The first-order valence-electron chi connectivity index (χ1n) is 5.30. The molecular weight excluding hydrogens is 261 g/mol. The number of hydrogen-bond donors (Lipinski definition) is 1. The van der Waals surface area contributed by atoms with Crippen LogP contribution in [0.4, 0.5) is 18.9 Å². The van der Waals surface area contributed by atoms with Crippen LogP contribution in [0.25, 0.3) is 11.3 Å². The molecule has 0 aliphatic carbocycles. The van der Waals surface area contributed by atoms with Gasteiger partial charge in [0.1, 0.15) is 0 Å². The summed E-state index contributed by atoms with van der Waals surface area (Å²) in [7, 11) is 0. The van der Waals surface area contributed by atoms with E-state index in [9.17, 15) is 23.3 Å². The molecule has 0 radical (unpaired) electrons. The highest BCUT2D eigenvalue weighted by atomic mass is 19.4. The average Bonchev–Trinajstić information content (AvgIpc) is 2.70. The minimum Gasteiger partial charge on any atom is -0.353 e. The van der Waals surface area contributed by atoms with E-state index < -0.39 is 16.7 Å². The van der Waals surface area contributed by atoms with Gasteiger partial charge in [0.15, 0.2) is 0 Å². The summed E-state index contributed by atoms with van der Waals surface area (Å²) in [4.78, 5) is 12.8. The summed E-state index contributed by atoms with van der Waals surface area (Å²) in [6.07, 6.45) is -4.44. The normalized spacial score (nSPS) is 11.6. The highest BCUT2D eigenvalue weighted by molar-refractivity contribution is 5.65. The molecule has 0 aliphatic rings. The number of alkyl halides is 3. The van der Waals surface area contributed by atoms with Gasteiger partial charge in [-0.05, 0) is 24.6 Å². The van der Waals surface area contributed by atoms with Crippen LogP contribution in [0.2, 0.25) is 0 Å². The van der Waals surface area contributed by atoms with E-state index >= 15 is 0 Å². The zero-order valence-corrected chi connectivity index (χ0v) is 9.78. The van der Waals surface area contributed by atoms with Crippen molar-refractivity contribution in [3.8, 4) is 11.3 Å². The van der Waals surface area contributed by atoms with Gasteiger partial charge in [0.05, 0.1) is 21.9 Å². The molecule has 0 saturated carbocycles. The van der Waals surface area contributed by atoms with Crippen LogP contribution in [0.3, 0.4) is 0 Å². The smallest absolute Gasteiger partial charge is 0.353 e. The van der Waals surface area contributed by atoms with E-state index in [1.165, 1.54) is 25.1 Å². The molecule has 0 saturated heterocycles. The number of aryl methyl sites for hydroxylation is 1. The summed E-state index contributed by atoms with van der Waals surface area (Å²) >= 11 is 0. The molecular formula is C12H9F3N2O2. The van der Waals surface area contributed by atoms with Gasteiger partial charge in [0.25, 0.3) is 5.69 Å². The molecule has 2 rings (SSSR count). The number of hydrogen-bond acceptors (Lipinski definition) is 2. The molecule has 0 spiro atoms. The van der Waals surface area contributed by atoms with E-state index in [1.54, 1.807) is 0 Å². The second kappa shape index (κ2) is 4.42. The van der Waals surface area contributed by atoms with E-state index in [-0.39, 0.29) is 16.9 Å².